The Kier molecular flexibility index (Phi) is 4.04. The van der Waals surface area contributed by atoms with E-state index in [1.165, 1.54) is 10.9 Å². The first-order valence-electron chi connectivity index (χ1n) is 6.82. The lowest BCUT2D eigenvalue weighted by Crippen LogP contribution is -2.23. The van der Waals surface area contributed by atoms with Gasteiger partial charge >= 0.3 is 0 Å². The van der Waals surface area contributed by atoms with Crippen LogP contribution in [0.3, 0.4) is 0 Å². The van der Waals surface area contributed by atoms with Crippen LogP contribution in [-0.2, 0) is 6.42 Å². The lowest BCUT2D eigenvalue weighted by Gasteiger charge is -2.17. The largest absolute Gasteiger partial charge is 0.309 e. The van der Waals surface area contributed by atoms with Crippen LogP contribution in [0.2, 0.25) is 0 Å². The van der Waals surface area contributed by atoms with Gasteiger partial charge in [-0.1, -0.05) is 25.1 Å². The van der Waals surface area contributed by atoms with Gasteiger partial charge in [0.1, 0.15) is 0 Å². The van der Waals surface area contributed by atoms with E-state index in [-0.39, 0.29) is 6.04 Å². The normalized spacial score (nSPS) is 12.7. The van der Waals surface area contributed by atoms with Crippen LogP contribution in [0.15, 0.2) is 47.4 Å². The third-order valence-corrected chi connectivity index (χ3v) is 4.03. The molecule has 2 heterocycles. The standard InChI is InChI=1S/C16H17N3S/c1-2-17-15(16-10-20-11-19-16)9-12-7-8-18-14-6-4-3-5-13(12)14/h3-8,10-11,15,17H,2,9H2,1H3. The van der Waals surface area contributed by atoms with Gasteiger partial charge in [0.2, 0.25) is 0 Å². The molecule has 102 valence electrons. The highest BCUT2D eigenvalue weighted by atomic mass is 32.1. The van der Waals surface area contributed by atoms with Crippen molar-refractivity contribution in [1.29, 1.82) is 0 Å². The van der Waals surface area contributed by atoms with Crippen molar-refractivity contribution in [2.24, 2.45) is 0 Å². The number of hydrogen-bond donors (Lipinski definition) is 1. The maximum Gasteiger partial charge on any atom is 0.0795 e. The summed E-state index contributed by atoms with van der Waals surface area (Å²) in [6.07, 6.45) is 2.82. The molecule has 0 fully saturated rings. The number of benzene rings is 1. The molecule has 0 aliphatic carbocycles. The van der Waals surface area contributed by atoms with E-state index in [0.717, 1.165) is 24.2 Å². The minimum absolute atomic E-state index is 0.261. The Balaban J connectivity index is 1.94. The third kappa shape index (κ3) is 2.71. The zero-order valence-corrected chi connectivity index (χ0v) is 12.2. The van der Waals surface area contributed by atoms with Gasteiger partial charge in [-0.05, 0) is 30.7 Å². The predicted octanol–water partition coefficient (Wildman–Crippen LogP) is 3.58. The summed E-state index contributed by atoms with van der Waals surface area (Å²) in [4.78, 5) is 8.88. The third-order valence-electron chi connectivity index (χ3n) is 3.42. The molecule has 0 aliphatic heterocycles. The molecule has 1 atom stereocenters. The van der Waals surface area contributed by atoms with Gasteiger partial charge in [0.05, 0.1) is 22.8 Å². The van der Waals surface area contributed by atoms with E-state index in [0.29, 0.717) is 0 Å². The average molecular weight is 283 g/mol. The van der Waals surface area contributed by atoms with E-state index in [4.69, 9.17) is 0 Å². The Hall–Kier alpha value is -1.78. The molecule has 3 aromatic rings. The molecule has 1 unspecified atom stereocenters. The molecule has 0 amide bonds. The first kappa shape index (κ1) is 13.2. The average Bonchev–Trinajstić information content (AvgIpc) is 3.01. The highest BCUT2D eigenvalue weighted by Crippen LogP contribution is 2.23. The van der Waals surface area contributed by atoms with Crippen molar-refractivity contribution >= 4 is 22.2 Å². The maximum absolute atomic E-state index is 4.45. The lowest BCUT2D eigenvalue weighted by atomic mass is 10.0. The minimum Gasteiger partial charge on any atom is -0.309 e. The van der Waals surface area contributed by atoms with Gasteiger partial charge in [-0.15, -0.1) is 11.3 Å². The summed E-state index contributed by atoms with van der Waals surface area (Å²) in [5.74, 6) is 0. The zero-order valence-electron chi connectivity index (χ0n) is 11.4. The summed E-state index contributed by atoms with van der Waals surface area (Å²) in [6.45, 7) is 3.06. The van der Waals surface area contributed by atoms with Gasteiger partial charge in [0, 0.05) is 17.0 Å². The van der Waals surface area contributed by atoms with Gasteiger partial charge in [0.15, 0.2) is 0 Å². The summed E-state index contributed by atoms with van der Waals surface area (Å²) >= 11 is 1.64. The summed E-state index contributed by atoms with van der Waals surface area (Å²) in [7, 11) is 0. The molecule has 2 aromatic heterocycles. The molecular formula is C16H17N3S. The molecule has 1 N–H and O–H groups in total. The number of thiazole rings is 1. The van der Waals surface area contributed by atoms with Crippen LogP contribution < -0.4 is 5.32 Å². The van der Waals surface area contributed by atoms with Crippen molar-refractivity contribution < 1.29 is 0 Å². The van der Waals surface area contributed by atoms with Gasteiger partial charge in [-0.25, -0.2) is 4.98 Å². The molecule has 3 nitrogen and oxygen atoms in total. The monoisotopic (exact) mass is 283 g/mol. The van der Waals surface area contributed by atoms with Crippen LogP contribution in [0.1, 0.15) is 24.2 Å². The van der Waals surface area contributed by atoms with Crippen LogP contribution in [0.4, 0.5) is 0 Å². The van der Waals surface area contributed by atoms with E-state index < -0.39 is 0 Å². The molecule has 1 aromatic carbocycles. The highest BCUT2D eigenvalue weighted by molar-refractivity contribution is 7.07. The number of likely N-dealkylation sites (N-methyl/N-ethyl adjacent to an activating group) is 1. The Morgan fingerprint density at radius 2 is 2.10 bits per heavy atom. The Bertz CT molecular complexity index is 674. The number of fused-ring (bicyclic) bond motifs is 1. The summed E-state index contributed by atoms with van der Waals surface area (Å²) in [6, 6.07) is 10.7. The van der Waals surface area contributed by atoms with E-state index in [2.05, 4.69) is 51.9 Å². The van der Waals surface area contributed by atoms with Crippen molar-refractivity contribution in [1.82, 2.24) is 15.3 Å². The Morgan fingerprint density at radius 3 is 2.90 bits per heavy atom. The van der Waals surface area contributed by atoms with E-state index in [9.17, 15) is 0 Å². The first-order valence-corrected chi connectivity index (χ1v) is 7.77. The highest BCUT2D eigenvalue weighted by Gasteiger charge is 2.14. The first-order chi connectivity index (χ1) is 9.88. The number of para-hydroxylation sites is 1. The molecule has 4 heteroatoms. The zero-order chi connectivity index (χ0) is 13.8. The quantitative estimate of drug-likeness (QED) is 0.777. The number of nitrogens with zero attached hydrogens (tertiary/aromatic N) is 2. The number of hydrogen-bond acceptors (Lipinski definition) is 4. The lowest BCUT2D eigenvalue weighted by molar-refractivity contribution is 0.540. The van der Waals surface area contributed by atoms with Crippen LogP contribution in [-0.4, -0.2) is 16.5 Å². The van der Waals surface area contributed by atoms with Crippen molar-refractivity contribution in [2.75, 3.05) is 6.54 Å². The fourth-order valence-electron chi connectivity index (χ4n) is 2.47. The van der Waals surface area contributed by atoms with Gasteiger partial charge < -0.3 is 5.32 Å². The summed E-state index contributed by atoms with van der Waals surface area (Å²) in [5.41, 5.74) is 5.38. The molecule has 0 saturated heterocycles. The molecule has 3 rings (SSSR count). The van der Waals surface area contributed by atoms with Crippen LogP contribution in [0, 0.1) is 0 Å². The number of aromatic nitrogens is 2. The predicted molar refractivity (Wildman–Crippen MR) is 84.0 cm³/mol. The van der Waals surface area contributed by atoms with Crippen LogP contribution in [0.25, 0.3) is 10.9 Å². The second-order valence-electron chi connectivity index (χ2n) is 4.71. The minimum atomic E-state index is 0.261. The number of pyridine rings is 1. The van der Waals surface area contributed by atoms with Crippen molar-refractivity contribution in [3.63, 3.8) is 0 Å². The Morgan fingerprint density at radius 1 is 1.20 bits per heavy atom. The molecular weight excluding hydrogens is 266 g/mol. The molecule has 20 heavy (non-hydrogen) atoms. The molecule has 0 saturated carbocycles. The molecule has 0 radical (unpaired) electrons. The molecule has 0 aliphatic rings. The SMILES string of the molecule is CCNC(Cc1ccnc2ccccc12)c1cscn1. The Labute approximate surface area is 122 Å². The maximum atomic E-state index is 4.45. The second kappa shape index (κ2) is 6.11. The smallest absolute Gasteiger partial charge is 0.0795 e. The van der Waals surface area contributed by atoms with Crippen molar-refractivity contribution in [2.45, 2.75) is 19.4 Å². The van der Waals surface area contributed by atoms with Crippen LogP contribution >= 0.6 is 11.3 Å². The van der Waals surface area contributed by atoms with Gasteiger partial charge in [0.25, 0.3) is 0 Å². The molecule has 0 spiro atoms. The summed E-state index contributed by atoms with van der Waals surface area (Å²) in [5, 5.41) is 6.87. The summed E-state index contributed by atoms with van der Waals surface area (Å²) < 4.78 is 0. The van der Waals surface area contributed by atoms with Gasteiger partial charge in [-0.2, -0.15) is 0 Å². The molecule has 0 bridgehead atoms. The van der Waals surface area contributed by atoms with Gasteiger partial charge in [-0.3, -0.25) is 4.98 Å². The van der Waals surface area contributed by atoms with Crippen molar-refractivity contribution in [3.8, 4) is 0 Å². The van der Waals surface area contributed by atoms with Crippen molar-refractivity contribution in [3.05, 3.63) is 58.7 Å². The number of nitrogens with one attached hydrogen (secondary N) is 1. The van der Waals surface area contributed by atoms with E-state index in [1.807, 2.05) is 17.8 Å². The van der Waals surface area contributed by atoms with E-state index in [1.54, 1.807) is 11.3 Å². The van der Waals surface area contributed by atoms with E-state index >= 15 is 0 Å². The topological polar surface area (TPSA) is 37.8 Å². The number of rotatable bonds is 5. The second-order valence-corrected chi connectivity index (χ2v) is 5.43. The fraction of sp³-hybridized carbons (Fsp3) is 0.250. The van der Waals surface area contributed by atoms with Crippen LogP contribution in [0.5, 0.6) is 0 Å². The fourth-order valence-corrected chi connectivity index (χ4v) is 3.08.